The number of likely N-dealkylation sites (N-methyl/N-ethyl adjacent to an activating group) is 1. The molecule has 1 aliphatic heterocycles. The molecule has 3 nitrogen and oxygen atoms in total. The van der Waals surface area contributed by atoms with Gasteiger partial charge < -0.3 is 10.2 Å². The van der Waals surface area contributed by atoms with Crippen molar-refractivity contribution in [1.29, 1.82) is 0 Å². The van der Waals surface area contributed by atoms with E-state index in [1.807, 2.05) is 0 Å². The molecule has 1 heterocycles. The first-order chi connectivity index (χ1) is 8.34. The molecule has 0 aromatic carbocycles. The zero-order valence-electron chi connectivity index (χ0n) is 13.3. The third kappa shape index (κ3) is 4.87. The number of hydrogen-bond acceptors (Lipinski definition) is 3. The van der Waals surface area contributed by atoms with Crippen molar-refractivity contribution in [3.8, 4) is 0 Å². The van der Waals surface area contributed by atoms with Crippen molar-refractivity contribution >= 4 is 0 Å². The standard InChI is InChI=1S/C15H33N3/c1-7-8-16-14(15(3,4)5)12-18-10-9-17(6)13(2)11-18/h13-14,16H,7-12H2,1-6H3. The van der Waals surface area contributed by atoms with Crippen molar-refractivity contribution in [2.75, 3.05) is 39.8 Å². The van der Waals surface area contributed by atoms with E-state index in [-0.39, 0.29) is 0 Å². The highest BCUT2D eigenvalue weighted by Gasteiger charge is 2.28. The van der Waals surface area contributed by atoms with E-state index in [1.54, 1.807) is 0 Å². The maximum absolute atomic E-state index is 3.73. The van der Waals surface area contributed by atoms with Crippen LogP contribution in [0.15, 0.2) is 0 Å². The second kappa shape index (κ2) is 6.88. The van der Waals surface area contributed by atoms with E-state index in [0.717, 1.165) is 6.54 Å². The van der Waals surface area contributed by atoms with Gasteiger partial charge in [-0.1, -0.05) is 27.7 Å². The Bertz CT molecular complexity index is 234. The Morgan fingerprint density at radius 3 is 2.44 bits per heavy atom. The fraction of sp³-hybridized carbons (Fsp3) is 1.00. The molecule has 0 bridgehead atoms. The van der Waals surface area contributed by atoms with Crippen molar-refractivity contribution in [2.24, 2.45) is 5.41 Å². The highest BCUT2D eigenvalue weighted by Crippen LogP contribution is 2.21. The van der Waals surface area contributed by atoms with Gasteiger partial charge in [-0.3, -0.25) is 4.90 Å². The van der Waals surface area contributed by atoms with E-state index in [9.17, 15) is 0 Å². The second-order valence-electron chi connectivity index (χ2n) is 6.96. The molecule has 1 saturated heterocycles. The van der Waals surface area contributed by atoms with Crippen LogP contribution in [0, 0.1) is 5.41 Å². The zero-order valence-corrected chi connectivity index (χ0v) is 13.3. The quantitative estimate of drug-likeness (QED) is 0.811. The molecular formula is C15H33N3. The van der Waals surface area contributed by atoms with Crippen LogP contribution in [0.3, 0.4) is 0 Å². The minimum absolute atomic E-state index is 0.335. The zero-order chi connectivity index (χ0) is 13.8. The van der Waals surface area contributed by atoms with Gasteiger partial charge in [0.25, 0.3) is 0 Å². The van der Waals surface area contributed by atoms with Crippen LogP contribution in [-0.4, -0.2) is 61.7 Å². The number of hydrogen-bond donors (Lipinski definition) is 1. The molecule has 1 rings (SSSR count). The first-order valence-corrected chi connectivity index (χ1v) is 7.50. The maximum Gasteiger partial charge on any atom is 0.0243 e. The summed E-state index contributed by atoms with van der Waals surface area (Å²) in [5, 5.41) is 3.73. The summed E-state index contributed by atoms with van der Waals surface area (Å²) in [5.74, 6) is 0. The SMILES string of the molecule is CCCNC(CN1CCN(C)C(C)C1)C(C)(C)C. The Balaban J connectivity index is 2.50. The first kappa shape index (κ1) is 15.9. The topological polar surface area (TPSA) is 18.5 Å². The Kier molecular flexibility index (Phi) is 6.09. The maximum atomic E-state index is 3.73. The molecule has 18 heavy (non-hydrogen) atoms. The van der Waals surface area contributed by atoms with Crippen LogP contribution in [0.1, 0.15) is 41.0 Å². The Morgan fingerprint density at radius 2 is 1.94 bits per heavy atom. The van der Waals surface area contributed by atoms with Crippen molar-refractivity contribution in [2.45, 2.75) is 53.1 Å². The van der Waals surface area contributed by atoms with E-state index < -0.39 is 0 Å². The molecule has 1 fully saturated rings. The number of rotatable bonds is 5. The Morgan fingerprint density at radius 1 is 1.28 bits per heavy atom. The molecule has 3 heteroatoms. The van der Waals surface area contributed by atoms with Gasteiger partial charge in [-0.15, -0.1) is 0 Å². The third-order valence-electron chi connectivity index (χ3n) is 4.17. The first-order valence-electron chi connectivity index (χ1n) is 7.50. The summed E-state index contributed by atoms with van der Waals surface area (Å²) in [4.78, 5) is 5.09. The molecule has 1 N–H and O–H groups in total. The summed E-state index contributed by atoms with van der Waals surface area (Å²) in [5.41, 5.74) is 0.335. The lowest BCUT2D eigenvalue weighted by Gasteiger charge is -2.42. The fourth-order valence-corrected chi connectivity index (χ4v) is 2.51. The number of piperazine rings is 1. The minimum atomic E-state index is 0.335. The van der Waals surface area contributed by atoms with E-state index in [0.29, 0.717) is 17.5 Å². The molecule has 0 aromatic rings. The predicted octanol–water partition coefficient (Wildman–Crippen LogP) is 2.04. The van der Waals surface area contributed by atoms with Gasteiger partial charge in [0.2, 0.25) is 0 Å². The van der Waals surface area contributed by atoms with Gasteiger partial charge >= 0.3 is 0 Å². The summed E-state index contributed by atoms with van der Waals surface area (Å²) in [6.07, 6.45) is 1.21. The summed E-state index contributed by atoms with van der Waals surface area (Å²) < 4.78 is 0. The van der Waals surface area contributed by atoms with Gasteiger partial charge in [-0.25, -0.2) is 0 Å². The van der Waals surface area contributed by atoms with Crippen LogP contribution in [0.2, 0.25) is 0 Å². The number of nitrogens with one attached hydrogen (secondary N) is 1. The molecule has 1 aliphatic rings. The summed E-state index contributed by atoms with van der Waals surface area (Å²) in [6.45, 7) is 17.5. The largest absolute Gasteiger partial charge is 0.312 e. The van der Waals surface area contributed by atoms with Gasteiger partial charge in [0, 0.05) is 38.3 Å². The van der Waals surface area contributed by atoms with Gasteiger partial charge in [-0.2, -0.15) is 0 Å². The summed E-state index contributed by atoms with van der Waals surface area (Å²) in [6, 6.07) is 1.28. The molecule has 2 unspecified atom stereocenters. The van der Waals surface area contributed by atoms with Crippen molar-refractivity contribution < 1.29 is 0 Å². The van der Waals surface area contributed by atoms with E-state index in [1.165, 1.54) is 32.6 Å². The average molecular weight is 255 g/mol. The molecule has 0 saturated carbocycles. The summed E-state index contributed by atoms with van der Waals surface area (Å²) >= 11 is 0. The smallest absolute Gasteiger partial charge is 0.0243 e. The molecule has 0 radical (unpaired) electrons. The van der Waals surface area contributed by atoms with E-state index >= 15 is 0 Å². The van der Waals surface area contributed by atoms with Crippen LogP contribution >= 0.6 is 0 Å². The fourth-order valence-electron chi connectivity index (χ4n) is 2.51. The lowest BCUT2D eigenvalue weighted by atomic mass is 9.86. The van der Waals surface area contributed by atoms with Crippen molar-refractivity contribution in [3.05, 3.63) is 0 Å². The van der Waals surface area contributed by atoms with Gasteiger partial charge in [0.15, 0.2) is 0 Å². The van der Waals surface area contributed by atoms with Gasteiger partial charge in [0.05, 0.1) is 0 Å². The predicted molar refractivity (Wildman–Crippen MR) is 80.1 cm³/mol. The van der Waals surface area contributed by atoms with E-state index in [2.05, 4.69) is 56.8 Å². The van der Waals surface area contributed by atoms with Crippen LogP contribution in [0.25, 0.3) is 0 Å². The van der Waals surface area contributed by atoms with Crippen molar-refractivity contribution in [3.63, 3.8) is 0 Å². The minimum Gasteiger partial charge on any atom is -0.312 e. The molecular weight excluding hydrogens is 222 g/mol. The monoisotopic (exact) mass is 255 g/mol. The average Bonchev–Trinajstić information content (AvgIpc) is 2.27. The molecule has 0 spiro atoms. The molecule has 0 aliphatic carbocycles. The molecule has 108 valence electrons. The van der Waals surface area contributed by atoms with Gasteiger partial charge in [-0.05, 0) is 32.4 Å². The van der Waals surface area contributed by atoms with Crippen LogP contribution in [-0.2, 0) is 0 Å². The van der Waals surface area contributed by atoms with Crippen molar-refractivity contribution in [1.82, 2.24) is 15.1 Å². The van der Waals surface area contributed by atoms with Crippen LogP contribution in [0.4, 0.5) is 0 Å². The lowest BCUT2D eigenvalue weighted by molar-refractivity contribution is 0.0810. The molecule has 0 aromatic heterocycles. The van der Waals surface area contributed by atoms with Gasteiger partial charge in [0.1, 0.15) is 0 Å². The highest BCUT2D eigenvalue weighted by molar-refractivity contribution is 4.86. The normalized spacial score (nSPS) is 25.3. The lowest BCUT2D eigenvalue weighted by Crippen LogP contribution is -2.55. The van der Waals surface area contributed by atoms with Crippen LogP contribution < -0.4 is 5.32 Å². The van der Waals surface area contributed by atoms with E-state index in [4.69, 9.17) is 0 Å². The molecule has 2 atom stereocenters. The highest BCUT2D eigenvalue weighted by atomic mass is 15.3. The Labute approximate surface area is 114 Å². The Hall–Kier alpha value is -0.120. The summed E-state index contributed by atoms with van der Waals surface area (Å²) in [7, 11) is 2.23. The number of nitrogens with zero attached hydrogens (tertiary/aromatic N) is 2. The second-order valence-corrected chi connectivity index (χ2v) is 6.96. The van der Waals surface area contributed by atoms with Crippen LogP contribution in [0.5, 0.6) is 0 Å². The third-order valence-corrected chi connectivity index (χ3v) is 4.17. The molecule has 0 amide bonds.